The Labute approximate surface area is 172 Å². The fraction of sp³-hybridized carbons (Fsp3) is 0.136. The summed E-state index contributed by atoms with van der Waals surface area (Å²) in [6.07, 6.45) is 3.88. The van der Waals surface area contributed by atoms with Crippen molar-refractivity contribution in [2.75, 3.05) is 21.3 Å². The van der Waals surface area contributed by atoms with Gasteiger partial charge in [0.15, 0.2) is 0 Å². The molecule has 2 aromatic heterocycles. The van der Waals surface area contributed by atoms with Gasteiger partial charge < -0.3 is 14.2 Å². The highest BCUT2D eigenvalue weighted by molar-refractivity contribution is 7.11. The number of rotatable bonds is 7. The van der Waals surface area contributed by atoms with Crippen LogP contribution in [0.3, 0.4) is 0 Å². The maximum atomic E-state index is 12.3. The fourth-order valence-corrected chi connectivity index (χ4v) is 3.99. The van der Waals surface area contributed by atoms with Crippen molar-refractivity contribution in [1.82, 2.24) is 0 Å². The van der Waals surface area contributed by atoms with Crippen LogP contribution in [0.4, 0.5) is 0 Å². The molecule has 1 aromatic carbocycles. The van der Waals surface area contributed by atoms with E-state index in [2.05, 4.69) is 0 Å². The molecule has 3 rings (SSSR count). The second-order valence-electron chi connectivity index (χ2n) is 5.71. The average molecular weight is 413 g/mol. The summed E-state index contributed by atoms with van der Waals surface area (Å²) in [5, 5.41) is 4.00. The normalized spacial score (nSPS) is 12.0. The van der Waals surface area contributed by atoms with E-state index in [0.29, 0.717) is 22.6 Å². The molecule has 0 radical (unpaired) electrons. The van der Waals surface area contributed by atoms with Crippen molar-refractivity contribution in [1.29, 1.82) is 0 Å². The number of hydrogen-bond donors (Lipinski definition) is 0. The van der Waals surface area contributed by atoms with Gasteiger partial charge in [-0.2, -0.15) is 0 Å². The predicted octanol–water partition coefficient (Wildman–Crippen LogP) is 5.89. The van der Waals surface area contributed by atoms with E-state index in [1.54, 1.807) is 43.0 Å². The minimum absolute atomic E-state index is 0.420. The van der Waals surface area contributed by atoms with E-state index in [1.165, 1.54) is 7.11 Å². The lowest BCUT2D eigenvalue weighted by atomic mass is 10.00. The Bertz CT molecular complexity index is 984. The molecule has 3 aromatic rings. The van der Waals surface area contributed by atoms with Crippen LogP contribution < -0.4 is 0 Å². The van der Waals surface area contributed by atoms with E-state index in [-0.39, 0.29) is 0 Å². The van der Waals surface area contributed by atoms with Crippen LogP contribution in [0.1, 0.15) is 31.2 Å². The molecule has 144 valence electrons. The molecule has 4 nitrogen and oxygen atoms in total. The van der Waals surface area contributed by atoms with Gasteiger partial charge in [-0.05, 0) is 47.2 Å². The number of thiophene rings is 2. The van der Waals surface area contributed by atoms with Gasteiger partial charge in [-0.1, -0.05) is 18.2 Å². The van der Waals surface area contributed by atoms with Crippen molar-refractivity contribution < 1.29 is 19.0 Å². The second-order valence-corrected chi connectivity index (χ2v) is 7.67. The molecule has 0 saturated heterocycles. The van der Waals surface area contributed by atoms with Gasteiger partial charge in [0.25, 0.3) is 0 Å². The monoisotopic (exact) mass is 412 g/mol. The van der Waals surface area contributed by atoms with Crippen molar-refractivity contribution in [3.8, 4) is 0 Å². The largest absolute Gasteiger partial charge is 0.496 e. The minimum Gasteiger partial charge on any atom is -0.496 e. The third kappa shape index (κ3) is 4.52. The summed E-state index contributed by atoms with van der Waals surface area (Å²) < 4.78 is 16.2. The fourth-order valence-electron chi connectivity index (χ4n) is 2.70. The molecule has 0 fully saturated rings. The molecule has 0 bridgehead atoms. The summed E-state index contributed by atoms with van der Waals surface area (Å²) in [4.78, 5) is 14.4. The average Bonchev–Trinajstić information content (AvgIpc) is 3.43. The van der Waals surface area contributed by atoms with Crippen LogP contribution in [0, 0.1) is 0 Å². The van der Waals surface area contributed by atoms with Gasteiger partial charge in [0.2, 0.25) is 0 Å². The highest BCUT2D eigenvalue weighted by atomic mass is 32.1. The van der Waals surface area contributed by atoms with Gasteiger partial charge >= 0.3 is 5.97 Å². The molecule has 0 atom stereocenters. The molecule has 0 aliphatic heterocycles. The summed E-state index contributed by atoms with van der Waals surface area (Å²) in [7, 11) is 4.59. The van der Waals surface area contributed by atoms with E-state index < -0.39 is 5.97 Å². The highest BCUT2D eigenvalue weighted by Crippen LogP contribution is 2.29. The van der Waals surface area contributed by atoms with Gasteiger partial charge in [0.05, 0.1) is 26.9 Å². The maximum Gasteiger partial charge on any atom is 0.338 e. The Kier molecular flexibility index (Phi) is 6.68. The standard InChI is InChI=1S/C22H20O4S2/c1-24-20(13-16-6-4-10-27-16)15-8-9-18(22(23)26-3)19(12-15)21(25-2)14-17-7-5-11-28-17/h4-14H,1-3H3/b20-13+,21-14+. The molecule has 0 aliphatic rings. The summed E-state index contributed by atoms with van der Waals surface area (Å²) in [6, 6.07) is 13.4. The first kappa shape index (κ1) is 19.9. The summed E-state index contributed by atoms with van der Waals surface area (Å²) in [5.74, 6) is 0.861. The van der Waals surface area contributed by atoms with E-state index in [4.69, 9.17) is 14.2 Å². The van der Waals surface area contributed by atoms with E-state index in [1.807, 2.05) is 59.3 Å². The Morgan fingerprint density at radius 1 is 0.786 bits per heavy atom. The Balaban J connectivity index is 2.12. The molecule has 0 N–H and O–H groups in total. The van der Waals surface area contributed by atoms with Crippen LogP contribution in [0.25, 0.3) is 23.7 Å². The molecule has 2 heterocycles. The van der Waals surface area contributed by atoms with Gasteiger partial charge in [-0.3, -0.25) is 0 Å². The Morgan fingerprint density at radius 3 is 1.89 bits per heavy atom. The molecular formula is C22H20O4S2. The Hall–Kier alpha value is -2.83. The number of esters is 1. The van der Waals surface area contributed by atoms with Crippen molar-refractivity contribution in [2.45, 2.75) is 0 Å². The number of benzene rings is 1. The predicted molar refractivity (Wildman–Crippen MR) is 116 cm³/mol. The lowest BCUT2D eigenvalue weighted by molar-refractivity contribution is 0.0600. The first-order chi connectivity index (χ1) is 13.7. The summed E-state index contributed by atoms with van der Waals surface area (Å²) in [6.45, 7) is 0. The van der Waals surface area contributed by atoms with Gasteiger partial charge in [-0.25, -0.2) is 4.79 Å². The molecule has 6 heteroatoms. The van der Waals surface area contributed by atoms with Crippen LogP contribution in [-0.4, -0.2) is 27.3 Å². The lowest BCUT2D eigenvalue weighted by Gasteiger charge is -2.14. The van der Waals surface area contributed by atoms with Crippen LogP contribution >= 0.6 is 22.7 Å². The quantitative estimate of drug-likeness (QED) is 0.359. The van der Waals surface area contributed by atoms with Crippen LogP contribution in [0.5, 0.6) is 0 Å². The number of ether oxygens (including phenoxy) is 3. The van der Waals surface area contributed by atoms with Crippen molar-refractivity contribution in [3.63, 3.8) is 0 Å². The molecular weight excluding hydrogens is 392 g/mol. The van der Waals surface area contributed by atoms with E-state index >= 15 is 0 Å². The summed E-state index contributed by atoms with van der Waals surface area (Å²) in [5.41, 5.74) is 1.92. The van der Waals surface area contributed by atoms with Crippen molar-refractivity contribution >= 4 is 52.3 Å². The number of methoxy groups -OCH3 is 3. The van der Waals surface area contributed by atoms with Crippen LogP contribution in [0.2, 0.25) is 0 Å². The number of hydrogen-bond acceptors (Lipinski definition) is 6. The lowest BCUT2D eigenvalue weighted by Crippen LogP contribution is -2.07. The third-order valence-electron chi connectivity index (χ3n) is 4.05. The highest BCUT2D eigenvalue weighted by Gasteiger charge is 2.18. The van der Waals surface area contributed by atoms with Crippen LogP contribution in [-0.2, 0) is 14.2 Å². The number of carbonyl (C=O) groups excluding carboxylic acids is 1. The molecule has 0 amide bonds. The van der Waals surface area contributed by atoms with E-state index in [0.717, 1.165) is 15.3 Å². The first-order valence-corrected chi connectivity index (χ1v) is 10.2. The molecule has 0 unspecified atom stereocenters. The smallest absolute Gasteiger partial charge is 0.338 e. The van der Waals surface area contributed by atoms with Crippen molar-refractivity contribution in [3.05, 3.63) is 79.7 Å². The van der Waals surface area contributed by atoms with E-state index in [9.17, 15) is 4.79 Å². The molecule has 0 spiro atoms. The first-order valence-electron chi connectivity index (χ1n) is 8.47. The van der Waals surface area contributed by atoms with Gasteiger partial charge in [-0.15, -0.1) is 22.7 Å². The van der Waals surface area contributed by atoms with Gasteiger partial charge in [0.1, 0.15) is 11.5 Å². The third-order valence-corrected chi connectivity index (χ3v) is 5.69. The summed E-state index contributed by atoms with van der Waals surface area (Å²) >= 11 is 3.22. The SMILES string of the molecule is COC(=O)c1ccc(/C(=C\c2cccs2)OC)cc1/C(=C\c1cccs1)OC. The molecule has 28 heavy (non-hydrogen) atoms. The van der Waals surface area contributed by atoms with Crippen LogP contribution in [0.15, 0.2) is 53.2 Å². The molecule has 0 saturated carbocycles. The zero-order valence-corrected chi connectivity index (χ0v) is 17.4. The number of carbonyl (C=O) groups is 1. The zero-order valence-electron chi connectivity index (χ0n) is 15.8. The second kappa shape index (κ2) is 9.39. The Morgan fingerprint density at radius 2 is 1.39 bits per heavy atom. The molecule has 0 aliphatic carbocycles. The minimum atomic E-state index is -0.420. The maximum absolute atomic E-state index is 12.3. The van der Waals surface area contributed by atoms with Crippen molar-refractivity contribution in [2.24, 2.45) is 0 Å². The zero-order chi connectivity index (χ0) is 19.9. The topological polar surface area (TPSA) is 44.8 Å². The van der Waals surface area contributed by atoms with Gasteiger partial charge in [0, 0.05) is 20.9 Å².